The minimum Gasteiger partial charge on any atom is -0.454 e. The number of hydrogen-bond acceptors (Lipinski definition) is 5. The normalized spacial score (nSPS) is 15.1. The number of ketones is 1. The third-order valence-corrected chi connectivity index (χ3v) is 7.92. The summed E-state index contributed by atoms with van der Waals surface area (Å²) in [6.45, 7) is 8.83. The van der Waals surface area contributed by atoms with Crippen molar-refractivity contribution >= 4 is 21.8 Å². The predicted octanol–water partition coefficient (Wildman–Crippen LogP) is 3.65. The highest BCUT2D eigenvalue weighted by Gasteiger charge is 2.28. The van der Waals surface area contributed by atoms with E-state index in [-0.39, 0.29) is 16.2 Å². The Morgan fingerprint density at radius 3 is 2.32 bits per heavy atom. The number of hydrogen-bond donors (Lipinski definition) is 0. The number of rotatable bonds is 7. The van der Waals surface area contributed by atoms with Gasteiger partial charge in [-0.3, -0.25) is 4.79 Å². The van der Waals surface area contributed by atoms with Gasteiger partial charge in [0.1, 0.15) is 0 Å². The number of benzene rings is 1. The topological polar surface area (TPSA) is 85.7 Å². The van der Waals surface area contributed by atoms with Crippen molar-refractivity contribution < 1.29 is 22.7 Å². The van der Waals surface area contributed by atoms with Gasteiger partial charge in [-0.25, -0.2) is 13.2 Å². The van der Waals surface area contributed by atoms with Crippen LogP contribution in [-0.4, -0.2) is 48.7 Å². The maximum absolute atomic E-state index is 13.1. The van der Waals surface area contributed by atoms with Crippen molar-refractivity contribution in [3.05, 3.63) is 52.3 Å². The number of esters is 1. The zero-order valence-corrected chi connectivity index (χ0v) is 19.4. The Hall–Kier alpha value is -2.45. The lowest BCUT2D eigenvalue weighted by Crippen LogP contribution is -2.36. The van der Waals surface area contributed by atoms with Gasteiger partial charge >= 0.3 is 5.97 Å². The average Bonchev–Trinajstić information content (AvgIpc) is 3.05. The number of carbonyl (C=O) groups excluding carboxylic acids is 2. The lowest BCUT2D eigenvalue weighted by Gasteiger charge is -2.26. The number of Topliss-reactive ketones (excluding diaryl/α,β-unsaturated/α-hetero) is 1. The first kappa shape index (κ1) is 23.2. The SMILES string of the molecule is CCn1c(C)cc(C(=O)COC(=O)c2ccc(C)c(S(=O)(=O)N3CCCCC3)c2)c1C. The Labute approximate surface area is 184 Å². The molecule has 31 heavy (non-hydrogen) atoms. The van der Waals surface area contributed by atoms with Crippen LogP contribution >= 0.6 is 0 Å². The highest BCUT2D eigenvalue weighted by Crippen LogP contribution is 2.25. The van der Waals surface area contributed by atoms with Gasteiger partial charge in [0.05, 0.1) is 10.5 Å². The molecule has 3 rings (SSSR count). The van der Waals surface area contributed by atoms with Crippen molar-refractivity contribution in [1.29, 1.82) is 0 Å². The number of piperidine rings is 1. The quantitative estimate of drug-likeness (QED) is 0.479. The lowest BCUT2D eigenvalue weighted by molar-refractivity contribution is 0.0474. The smallest absolute Gasteiger partial charge is 0.338 e. The Bertz CT molecular complexity index is 1100. The molecule has 0 unspecified atom stereocenters. The van der Waals surface area contributed by atoms with E-state index in [1.54, 1.807) is 19.1 Å². The second kappa shape index (κ2) is 9.36. The molecule has 0 amide bonds. The molecule has 2 aromatic rings. The van der Waals surface area contributed by atoms with E-state index in [1.165, 1.54) is 16.4 Å². The van der Waals surface area contributed by atoms with Crippen LogP contribution in [0.3, 0.4) is 0 Å². The molecule has 1 aliphatic rings. The van der Waals surface area contributed by atoms with E-state index in [0.717, 1.165) is 37.2 Å². The van der Waals surface area contributed by atoms with Crippen LogP contribution in [0.2, 0.25) is 0 Å². The van der Waals surface area contributed by atoms with Crippen molar-refractivity contribution in [3.8, 4) is 0 Å². The van der Waals surface area contributed by atoms with E-state index in [9.17, 15) is 18.0 Å². The monoisotopic (exact) mass is 446 g/mol. The first-order chi connectivity index (χ1) is 14.7. The number of aryl methyl sites for hydroxylation is 2. The summed E-state index contributed by atoms with van der Waals surface area (Å²) in [5, 5.41) is 0. The summed E-state index contributed by atoms with van der Waals surface area (Å²) in [4.78, 5) is 25.3. The van der Waals surface area contributed by atoms with Gasteiger partial charge in [-0.15, -0.1) is 0 Å². The van der Waals surface area contributed by atoms with Gasteiger partial charge in [-0.05, 0) is 64.3 Å². The van der Waals surface area contributed by atoms with Crippen LogP contribution in [0.4, 0.5) is 0 Å². The average molecular weight is 447 g/mol. The highest BCUT2D eigenvalue weighted by atomic mass is 32.2. The molecule has 168 valence electrons. The van der Waals surface area contributed by atoms with Crippen molar-refractivity contribution in [1.82, 2.24) is 8.87 Å². The fourth-order valence-corrected chi connectivity index (χ4v) is 5.88. The van der Waals surface area contributed by atoms with Gasteiger partial charge < -0.3 is 9.30 Å². The van der Waals surface area contributed by atoms with Crippen molar-refractivity contribution in [3.63, 3.8) is 0 Å². The third kappa shape index (κ3) is 4.75. The molecule has 0 atom stereocenters. The van der Waals surface area contributed by atoms with E-state index in [0.29, 0.717) is 24.2 Å². The van der Waals surface area contributed by atoms with Crippen LogP contribution in [0.25, 0.3) is 0 Å². The summed E-state index contributed by atoms with van der Waals surface area (Å²) in [5.41, 5.74) is 3.04. The van der Waals surface area contributed by atoms with Gasteiger partial charge in [-0.2, -0.15) is 4.31 Å². The number of ether oxygens (including phenoxy) is 1. The standard InChI is InChI=1S/C23H30N2O5S/c1-5-25-17(3)13-20(18(25)4)21(26)15-30-23(27)19-10-9-16(2)22(14-19)31(28,29)24-11-7-6-8-12-24/h9-10,13-14H,5-8,11-12,15H2,1-4H3. The van der Waals surface area contributed by atoms with Crippen LogP contribution in [0.15, 0.2) is 29.2 Å². The molecule has 1 fully saturated rings. The maximum Gasteiger partial charge on any atom is 0.338 e. The summed E-state index contributed by atoms with van der Waals surface area (Å²) in [6, 6.07) is 6.28. The molecule has 1 saturated heterocycles. The van der Waals surface area contributed by atoms with Crippen LogP contribution in [0.1, 0.15) is 63.9 Å². The molecule has 2 heterocycles. The molecule has 0 bridgehead atoms. The first-order valence-corrected chi connectivity index (χ1v) is 12.1. The third-order valence-electron chi connectivity index (χ3n) is 5.88. The number of sulfonamides is 1. The molecule has 0 N–H and O–H groups in total. The van der Waals surface area contributed by atoms with Crippen LogP contribution in [-0.2, 0) is 21.3 Å². The van der Waals surface area contributed by atoms with Crippen LogP contribution in [0.5, 0.6) is 0 Å². The fraction of sp³-hybridized carbons (Fsp3) is 0.478. The van der Waals surface area contributed by atoms with Gasteiger partial charge in [0.15, 0.2) is 6.61 Å². The van der Waals surface area contributed by atoms with E-state index < -0.39 is 22.6 Å². The van der Waals surface area contributed by atoms with E-state index >= 15 is 0 Å². The molecule has 0 spiro atoms. The van der Waals surface area contributed by atoms with Crippen LogP contribution in [0, 0.1) is 20.8 Å². The molecule has 0 aliphatic carbocycles. The summed E-state index contributed by atoms with van der Waals surface area (Å²) in [6.07, 6.45) is 2.69. The Morgan fingerprint density at radius 2 is 1.71 bits per heavy atom. The summed E-state index contributed by atoms with van der Waals surface area (Å²) < 4.78 is 34.8. The van der Waals surface area contributed by atoms with Crippen molar-refractivity contribution in [2.75, 3.05) is 19.7 Å². The fourth-order valence-electron chi connectivity index (χ4n) is 4.11. The number of nitrogens with zero attached hydrogens (tertiary/aromatic N) is 2. The molecule has 8 heteroatoms. The van der Waals surface area contributed by atoms with Crippen LogP contribution < -0.4 is 0 Å². The second-order valence-electron chi connectivity index (χ2n) is 7.97. The summed E-state index contributed by atoms with van der Waals surface area (Å²) in [7, 11) is -3.68. The first-order valence-electron chi connectivity index (χ1n) is 10.6. The van der Waals surface area contributed by atoms with Crippen molar-refractivity contribution in [2.45, 2.75) is 58.4 Å². The largest absolute Gasteiger partial charge is 0.454 e. The summed E-state index contributed by atoms with van der Waals surface area (Å²) >= 11 is 0. The number of aromatic nitrogens is 1. The minimum absolute atomic E-state index is 0.113. The van der Waals surface area contributed by atoms with E-state index in [2.05, 4.69) is 0 Å². The second-order valence-corrected chi connectivity index (χ2v) is 9.88. The van der Waals surface area contributed by atoms with E-state index in [1.807, 2.05) is 25.3 Å². The molecule has 1 aromatic heterocycles. The molecular weight excluding hydrogens is 416 g/mol. The zero-order valence-electron chi connectivity index (χ0n) is 18.6. The Balaban J connectivity index is 1.75. The minimum atomic E-state index is -3.68. The predicted molar refractivity (Wildman–Crippen MR) is 118 cm³/mol. The number of carbonyl (C=O) groups is 2. The van der Waals surface area contributed by atoms with Gasteiger partial charge in [-0.1, -0.05) is 12.5 Å². The Kier molecular flexibility index (Phi) is 7.01. The molecule has 1 aliphatic heterocycles. The van der Waals surface area contributed by atoms with Crippen molar-refractivity contribution in [2.24, 2.45) is 0 Å². The molecule has 1 aromatic carbocycles. The zero-order chi connectivity index (χ0) is 22.8. The van der Waals surface area contributed by atoms with Gasteiger partial charge in [0.25, 0.3) is 0 Å². The molecule has 0 saturated carbocycles. The van der Waals surface area contributed by atoms with E-state index in [4.69, 9.17) is 4.74 Å². The van der Waals surface area contributed by atoms with Gasteiger partial charge in [0.2, 0.25) is 15.8 Å². The molecule has 0 radical (unpaired) electrons. The van der Waals surface area contributed by atoms with Gasteiger partial charge in [0, 0.05) is 36.6 Å². The Morgan fingerprint density at radius 1 is 1.03 bits per heavy atom. The molecule has 7 nitrogen and oxygen atoms in total. The highest BCUT2D eigenvalue weighted by molar-refractivity contribution is 7.89. The lowest BCUT2D eigenvalue weighted by atomic mass is 10.1. The summed E-state index contributed by atoms with van der Waals surface area (Å²) in [5.74, 6) is -0.998. The molecular formula is C23H30N2O5S. The maximum atomic E-state index is 13.1.